The molecule has 3 rings (SSSR count). The molecule has 1 heterocycles. The van der Waals surface area contributed by atoms with Crippen LogP contribution in [-0.4, -0.2) is 37.8 Å². The molecule has 0 bridgehead atoms. The first-order chi connectivity index (χ1) is 13.9. The number of hydrogen-bond acceptors (Lipinski definition) is 6. The van der Waals surface area contributed by atoms with Crippen LogP contribution in [0.2, 0.25) is 0 Å². The number of nitro benzene ring substituents is 1. The molecule has 0 saturated carbocycles. The van der Waals surface area contributed by atoms with Crippen molar-refractivity contribution in [2.45, 2.75) is 37.1 Å². The molecule has 1 atom stereocenters. The van der Waals surface area contributed by atoms with E-state index in [1.165, 1.54) is 16.4 Å². The van der Waals surface area contributed by atoms with E-state index in [0.29, 0.717) is 19.5 Å². The van der Waals surface area contributed by atoms with Crippen molar-refractivity contribution in [3.63, 3.8) is 0 Å². The highest BCUT2D eigenvalue weighted by atomic mass is 32.2. The zero-order valence-electron chi connectivity index (χ0n) is 16.5. The number of ether oxygens (including phenoxy) is 1. The van der Waals surface area contributed by atoms with Crippen molar-refractivity contribution in [1.29, 1.82) is 0 Å². The van der Waals surface area contributed by atoms with Gasteiger partial charge in [-0.3, -0.25) is 10.1 Å². The molecule has 29 heavy (non-hydrogen) atoms. The Labute approximate surface area is 170 Å². The second kappa shape index (κ2) is 8.79. The lowest BCUT2D eigenvalue weighted by Gasteiger charge is -2.20. The zero-order chi connectivity index (χ0) is 21.0. The molecule has 1 aliphatic heterocycles. The molecule has 8 nitrogen and oxygen atoms in total. The lowest BCUT2D eigenvalue weighted by atomic mass is 10.0. The van der Waals surface area contributed by atoms with E-state index in [1.807, 2.05) is 31.2 Å². The SMILES string of the molecule is CC[C@H](Nc1ccc(S(=O)(=O)N2CCCC2)cc1[N+](=O)[O-])c1ccc(OC)cc1. The quantitative estimate of drug-likeness (QED) is 0.513. The van der Waals surface area contributed by atoms with Crippen LogP contribution >= 0.6 is 0 Å². The van der Waals surface area contributed by atoms with E-state index in [0.717, 1.165) is 30.2 Å². The van der Waals surface area contributed by atoms with E-state index in [-0.39, 0.29) is 22.3 Å². The fourth-order valence-electron chi connectivity index (χ4n) is 3.47. The van der Waals surface area contributed by atoms with Gasteiger partial charge >= 0.3 is 0 Å². The molecular formula is C20H25N3O5S. The molecule has 0 aliphatic carbocycles. The lowest BCUT2D eigenvalue weighted by molar-refractivity contribution is -0.384. The molecule has 2 aromatic rings. The minimum Gasteiger partial charge on any atom is -0.497 e. The molecule has 0 unspecified atom stereocenters. The maximum absolute atomic E-state index is 12.8. The first kappa shape index (κ1) is 21.1. The Balaban J connectivity index is 1.91. The van der Waals surface area contributed by atoms with Gasteiger partial charge in [-0.15, -0.1) is 0 Å². The highest BCUT2D eigenvalue weighted by Gasteiger charge is 2.29. The van der Waals surface area contributed by atoms with Crippen LogP contribution in [0.25, 0.3) is 0 Å². The second-order valence-corrected chi connectivity index (χ2v) is 8.86. The van der Waals surface area contributed by atoms with Gasteiger partial charge in [0.2, 0.25) is 10.0 Å². The summed E-state index contributed by atoms with van der Waals surface area (Å²) >= 11 is 0. The van der Waals surface area contributed by atoms with Gasteiger partial charge in [0.25, 0.3) is 5.69 Å². The van der Waals surface area contributed by atoms with Gasteiger partial charge < -0.3 is 10.1 Å². The Morgan fingerprint density at radius 2 is 1.83 bits per heavy atom. The van der Waals surface area contributed by atoms with Crippen LogP contribution < -0.4 is 10.1 Å². The van der Waals surface area contributed by atoms with Crippen molar-refractivity contribution >= 4 is 21.4 Å². The average Bonchev–Trinajstić information content (AvgIpc) is 3.28. The number of methoxy groups -OCH3 is 1. The monoisotopic (exact) mass is 419 g/mol. The second-order valence-electron chi connectivity index (χ2n) is 6.93. The van der Waals surface area contributed by atoms with Gasteiger partial charge in [0, 0.05) is 19.2 Å². The Hall–Kier alpha value is -2.65. The van der Waals surface area contributed by atoms with E-state index in [1.54, 1.807) is 7.11 Å². The first-order valence-corrected chi connectivity index (χ1v) is 11.0. The third-order valence-electron chi connectivity index (χ3n) is 5.12. The minimum atomic E-state index is -3.72. The van der Waals surface area contributed by atoms with Crippen molar-refractivity contribution in [3.05, 3.63) is 58.1 Å². The van der Waals surface area contributed by atoms with Crippen molar-refractivity contribution in [3.8, 4) is 5.75 Å². The Bertz CT molecular complexity index is 970. The number of rotatable bonds is 8. The fourth-order valence-corrected chi connectivity index (χ4v) is 5.01. The van der Waals surface area contributed by atoms with Gasteiger partial charge in [-0.05, 0) is 49.1 Å². The highest BCUT2D eigenvalue weighted by Crippen LogP contribution is 2.33. The predicted octanol–water partition coefficient (Wildman–Crippen LogP) is 3.95. The smallest absolute Gasteiger partial charge is 0.293 e. The van der Waals surface area contributed by atoms with E-state index in [2.05, 4.69) is 5.32 Å². The number of nitrogens with zero attached hydrogens (tertiary/aromatic N) is 2. The third kappa shape index (κ3) is 4.51. The summed E-state index contributed by atoms with van der Waals surface area (Å²) in [6.07, 6.45) is 2.30. The van der Waals surface area contributed by atoms with E-state index in [9.17, 15) is 18.5 Å². The highest BCUT2D eigenvalue weighted by molar-refractivity contribution is 7.89. The minimum absolute atomic E-state index is 0.0471. The van der Waals surface area contributed by atoms with Gasteiger partial charge in [-0.1, -0.05) is 19.1 Å². The maximum Gasteiger partial charge on any atom is 0.293 e. The largest absolute Gasteiger partial charge is 0.497 e. The summed E-state index contributed by atoms with van der Waals surface area (Å²) in [4.78, 5) is 11.1. The maximum atomic E-state index is 12.8. The van der Waals surface area contributed by atoms with Crippen LogP contribution in [0.1, 0.15) is 37.8 Å². The van der Waals surface area contributed by atoms with Crippen LogP contribution in [0.4, 0.5) is 11.4 Å². The molecule has 0 amide bonds. The zero-order valence-corrected chi connectivity index (χ0v) is 17.3. The number of nitro groups is 1. The van der Waals surface area contributed by atoms with Crippen LogP contribution in [0.5, 0.6) is 5.75 Å². The number of sulfonamides is 1. The summed E-state index contributed by atoms with van der Waals surface area (Å²) < 4.78 is 32.1. The van der Waals surface area contributed by atoms with Crippen molar-refractivity contribution in [2.75, 3.05) is 25.5 Å². The van der Waals surface area contributed by atoms with Crippen LogP contribution in [0.3, 0.4) is 0 Å². The van der Waals surface area contributed by atoms with Crippen LogP contribution in [-0.2, 0) is 10.0 Å². The Morgan fingerprint density at radius 1 is 1.17 bits per heavy atom. The molecule has 1 aliphatic rings. The number of nitrogens with one attached hydrogen (secondary N) is 1. The fraction of sp³-hybridized carbons (Fsp3) is 0.400. The van der Waals surface area contributed by atoms with E-state index < -0.39 is 14.9 Å². The molecular weight excluding hydrogens is 394 g/mol. The van der Waals surface area contributed by atoms with Gasteiger partial charge in [-0.2, -0.15) is 4.31 Å². The molecule has 1 fully saturated rings. The summed E-state index contributed by atoms with van der Waals surface area (Å²) in [6.45, 7) is 2.87. The summed E-state index contributed by atoms with van der Waals surface area (Å²) in [5, 5.41) is 14.8. The molecule has 156 valence electrons. The molecule has 1 N–H and O–H groups in total. The van der Waals surface area contributed by atoms with Gasteiger partial charge in [0.05, 0.1) is 23.0 Å². The van der Waals surface area contributed by atoms with E-state index >= 15 is 0 Å². The summed E-state index contributed by atoms with van der Waals surface area (Å²) in [5.41, 5.74) is 0.992. The van der Waals surface area contributed by atoms with Gasteiger partial charge in [0.15, 0.2) is 0 Å². The lowest BCUT2D eigenvalue weighted by Crippen LogP contribution is -2.27. The number of anilines is 1. The van der Waals surface area contributed by atoms with Crippen LogP contribution in [0, 0.1) is 10.1 Å². The molecule has 2 aromatic carbocycles. The number of benzene rings is 2. The normalized spacial score (nSPS) is 15.8. The average molecular weight is 420 g/mol. The molecule has 9 heteroatoms. The summed E-state index contributed by atoms with van der Waals surface area (Å²) in [7, 11) is -2.13. The summed E-state index contributed by atoms with van der Waals surface area (Å²) in [6, 6.07) is 11.4. The van der Waals surface area contributed by atoms with E-state index in [4.69, 9.17) is 4.74 Å². The number of hydrogen-bond donors (Lipinski definition) is 1. The molecule has 0 spiro atoms. The Morgan fingerprint density at radius 3 is 2.38 bits per heavy atom. The van der Waals surface area contributed by atoms with Crippen LogP contribution in [0.15, 0.2) is 47.4 Å². The standard InChI is InChI=1S/C20H25N3O5S/c1-3-18(15-6-8-16(28-2)9-7-15)21-19-11-10-17(14-20(19)23(24)25)29(26,27)22-12-4-5-13-22/h6-11,14,18,21H,3-5,12-13H2,1-2H3/t18-/m0/s1. The van der Waals surface area contributed by atoms with Gasteiger partial charge in [0.1, 0.15) is 11.4 Å². The predicted molar refractivity (Wildman–Crippen MR) is 111 cm³/mol. The topological polar surface area (TPSA) is 102 Å². The molecule has 1 saturated heterocycles. The van der Waals surface area contributed by atoms with Gasteiger partial charge in [-0.25, -0.2) is 8.42 Å². The molecule has 0 radical (unpaired) electrons. The Kier molecular flexibility index (Phi) is 6.39. The van der Waals surface area contributed by atoms with Crippen molar-refractivity contribution in [2.24, 2.45) is 0 Å². The van der Waals surface area contributed by atoms with Crippen molar-refractivity contribution < 1.29 is 18.1 Å². The summed E-state index contributed by atoms with van der Waals surface area (Å²) in [5.74, 6) is 0.728. The first-order valence-electron chi connectivity index (χ1n) is 9.56. The molecule has 0 aromatic heterocycles. The third-order valence-corrected chi connectivity index (χ3v) is 7.02. The van der Waals surface area contributed by atoms with Crippen molar-refractivity contribution in [1.82, 2.24) is 4.31 Å².